The molecule has 0 spiro atoms. The first-order valence-corrected chi connectivity index (χ1v) is 5.46. The quantitative estimate of drug-likeness (QED) is 0.511. The van der Waals surface area contributed by atoms with Gasteiger partial charge in [-0.05, 0) is 13.8 Å². The van der Waals surface area contributed by atoms with Crippen LogP contribution in [-0.4, -0.2) is 51.7 Å². The Balaban J connectivity index is 4.28. The van der Waals surface area contributed by atoms with Crippen LogP contribution in [0.1, 0.15) is 13.8 Å². The van der Waals surface area contributed by atoms with Crippen molar-refractivity contribution in [3.63, 3.8) is 0 Å². The molecule has 0 aromatic heterocycles. The molecule has 0 aromatic rings. The maximum atomic E-state index is 5.54. The third-order valence-corrected chi connectivity index (χ3v) is 2.27. The van der Waals surface area contributed by atoms with E-state index in [0.29, 0.717) is 6.61 Å². The predicted molar refractivity (Wildman–Crippen MR) is 62.5 cm³/mol. The minimum atomic E-state index is -0.162. The SMILES string of the molecule is COCC(OC)[C@@H](OC)C(C)O[C@@H](C)S. The fourth-order valence-electron chi connectivity index (χ4n) is 1.50. The van der Waals surface area contributed by atoms with Gasteiger partial charge >= 0.3 is 0 Å². The van der Waals surface area contributed by atoms with Crippen molar-refractivity contribution in [3.05, 3.63) is 0 Å². The zero-order valence-electron chi connectivity index (χ0n) is 10.1. The zero-order valence-corrected chi connectivity index (χ0v) is 11.0. The molecule has 0 saturated heterocycles. The molecule has 92 valence electrons. The highest BCUT2D eigenvalue weighted by Crippen LogP contribution is 2.14. The van der Waals surface area contributed by atoms with E-state index in [0.717, 1.165) is 0 Å². The van der Waals surface area contributed by atoms with Crippen LogP contribution in [0, 0.1) is 0 Å². The van der Waals surface area contributed by atoms with Gasteiger partial charge in [-0.15, -0.1) is 12.6 Å². The fourth-order valence-corrected chi connectivity index (χ4v) is 1.69. The average Bonchev–Trinajstić information content (AvgIpc) is 2.16. The largest absolute Gasteiger partial charge is 0.382 e. The van der Waals surface area contributed by atoms with E-state index >= 15 is 0 Å². The van der Waals surface area contributed by atoms with Gasteiger partial charge in [0.25, 0.3) is 0 Å². The molecule has 2 unspecified atom stereocenters. The van der Waals surface area contributed by atoms with Crippen LogP contribution in [0.5, 0.6) is 0 Å². The standard InChI is InChI=1S/C10H22O4S/c1-7(14-8(2)15)10(13-5)9(12-4)6-11-3/h7-10,15H,6H2,1-5H3/t7?,8-,9?,10+/m1/s1. The molecule has 0 aliphatic carbocycles. The summed E-state index contributed by atoms with van der Waals surface area (Å²) in [5, 5.41) is 0. The average molecular weight is 238 g/mol. The molecular formula is C10H22O4S. The van der Waals surface area contributed by atoms with Gasteiger partial charge in [0.1, 0.15) is 12.2 Å². The van der Waals surface area contributed by atoms with E-state index in [1.54, 1.807) is 21.3 Å². The first-order valence-electron chi connectivity index (χ1n) is 4.94. The summed E-state index contributed by atoms with van der Waals surface area (Å²) in [6.07, 6.45) is -0.394. The summed E-state index contributed by atoms with van der Waals surface area (Å²) in [5.41, 5.74) is -0.127. The van der Waals surface area contributed by atoms with E-state index in [4.69, 9.17) is 18.9 Å². The first-order chi connectivity index (χ1) is 7.06. The third kappa shape index (κ3) is 5.73. The Morgan fingerprint density at radius 2 is 1.67 bits per heavy atom. The summed E-state index contributed by atoms with van der Waals surface area (Å²) < 4.78 is 21.2. The van der Waals surface area contributed by atoms with Crippen LogP contribution in [0.2, 0.25) is 0 Å². The molecule has 0 bridgehead atoms. The summed E-state index contributed by atoms with van der Waals surface area (Å²) in [4.78, 5) is 0. The predicted octanol–water partition coefficient (Wildman–Crippen LogP) is 1.34. The third-order valence-electron chi connectivity index (χ3n) is 2.15. The van der Waals surface area contributed by atoms with E-state index in [9.17, 15) is 0 Å². The van der Waals surface area contributed by atoms with Crippen molar-refractivity contribution in [2.24, 2.45) is 0 Å². The highest BCUT2D eigenvalue weighted by Gasteiger charge is 2.28. The van der Waals surface area contributed by atoms with Crippen molar-refractivity contribution < 1.29 is 18.9 Å². The van der Waals surface area contributed by atoms with E-state index < -0.39 is 0 Å². The molecule has 0 aliphatic heterocycles. The topological polar surface area (TPSA) is 36.9 Å². The molecule has 5 heteroatoms. The molecule has 0 amide bonds. The highest BCUT2D eigenvalue weighted by atomic mass is 32.1. The normalized spacial score (nSPS) is 19.6. The highest BCUT2D eigenvalue weighted by molar-refractivity contribution is 7.80. The van der Waals surface area contributed by atoms with Crippen LogP contribution in [0.15, 0.2) is 0 Å². The minimum absolute atomic E-state index is 0.0948. The number of rotatable bonds is 8. The van der Waals surface area contributed by atoms with Gasteiger partial charge in [-0.3, -0.25) is 0 Å². The summed E-state index contributed by atoms with van der Waals surface area (Å²) in [6, 6.07) is 0. The number of hydrogen-bond acceptors (Lipinski definition) is 5. The Bertz CT molecular complexity index is 154. The van der Waals surface area contributed by atoms with Crippen molar-refractivity contribution in [1.29, 1.82) is 0 Å². The lowest BCUT2D eigenvalue weighted by atomic mass is 10.1. The molecule has 0 aromatic carbocycles. The Kier molecular flexibility index (Phi) is 8.46. The number of methoxy groups -OCH3 is 3. The minimum Gasteiger partial charge on any atom is -0.382 e. The maximum Gasteiger partial charge on any atom is 0.111 e. The van der Waals surface area contributed by atoms with E-state index in [2.05, 4.69) is 12.6 Å². The lowest BCUT2D eigenvalue weighted by molar-refractivity contribution is -0.129. The van der Waals surface area contributed by atoms with Gasteiger partial charge in [-0.2, -0.15) is 0 Å². The van der Waals surface area contributed by atoms with Gasteiger partial charge in [0.2, 0.25) is 0 Å². The second-order valence-electron chi connectivity index (χ2n) is 3.37. The molecule has 0 heterocycles. The van der Waals surface area contributed by atoms with Gasteiger partial charge in [0.15, 0.2) is 0 Å². The molecule has 0 saturated carbocycles. The van der Waals surface area contributed by atoms with E-state index in [-0.39, 0.29) is 23.7 Å². The van der Waals surface area contributed by atoms with Crippen molar-refractivity contribution in [2.45, 2.75) is 37.6 Å². The molecule has 0 radical (unpaired) electrons. The van der Waals surface area contributed by atoms with Gasteiger partial charge in [-0.1, -0.05) is 0 Å². The van der Waals surface area contributed by atoms with Crippen LogP contribution in [0.25, 0.3) is 0 Å². The fraction of sp³-hybridized carbons (Fsp3) is 1.00. The van der Waals surface area contributed by atoms with Gasteiger partial charge in [0, 0.05) is 21.3 Å². The van der Waals surface area contributed by atoms with Gasteiger partial charge < -0.3 is 18.9 Å². The molecule has 0 fully saturated rings. The molecule has 0 N–H and O–H groups in total. The summed E-state index contributed by atoms with van der Waals surface area (Å²) in [7, 11) is 4.90. The molecule has 4 nitrogen and oxygen atoms in total. The lowest BCUT2D eigenvalue weighted by Crippen LogP contribution is -2.43. The maximum absolute atomic E-state index is 5.54. The van der Waals surface area contributed by atoms with E-state index in [1.807, 2.05) is 13.8 Å². The van der Waals surface area contributed by atoms with Crippen LogP contribution in [0.4, 0.5) is 0 Å². The number of hydrogen-bond donors (Lipinski definition) is 1. The first kappa shape index (κ1) is 15.2. The molecular weight excluding hydrogens is 216 g/mol. The van der Waals surface area contributed by atoms with Crippen LogP contribution in [0.3, 0.4) is 0 Å². The second kappa shape index (κ2) is 8.35. The number of ether oxygens (including phenoxy) is 4. The van der Waals surface area contributed by atoms with Gasteiger partial charge in [-0.25, -0.2) is 0 Å². The van der Waals surface area contributed by atoms with Crippen molar-refractivity contribution in [3.8, 4) is 0 Å². The number of thiol groups is 1. The Hall–Kier alpha value is 0.190. The lowest BCUT2D eigenvalue weighted by Gasteiger charge is -2.30. The molecule has 0 aliphatic rings. The summed E-state index contributed by atoms with van der Waals surface area (Å²) in [6.45, 7) is 4.27. The van der Waals surface area contributed by atoms with Crippen molar-refractivity contribution in [1.82, 2.24) is 0 Å². The smallest absolute Gasteiger partial charge is 0.111 e. The summed E-state index contributed by atoms with van der Waals surface area (Å²) >= 11 is 4.17. The second-order valence-corrected chi connectivity index (χ2v) is 4.10. The molecule has 0 rings (SSSR count). The van der Waals surface area contributed by atoms with Crippen LogP contribution < -0.4 is 0 Å². The Morgan fingerprint density at radius 3 is 2.00 bits per heavy atom. The monoisotopic (exact) mass is 238 g/mol. The molecule has 4 atom stereocenters. The van der Waals surface area contributed by atoms with Crippen LogP contribution >= 0.6 is 12.6 Å². The van der Waals surface area contributed by atoms with Crippen molar-refractivity contribution in [2.75, 3.05) is 27.9 Å². The Labute approximate surface area is 97.6 Å². The van der Waals surface area contributed by atoms with Crippen molar-refractivity contribution >= 4 is 12.6 Å². The molecule has 15 heavy (non-hydrogen) atoms. The van der Waals surface area contributed by atoms with Crippen LogP contribution in [-0.2, 0) is 18.9 Å². The van der Waals surface area contributed by atoms with E-state index in [1.165, 1.54) is 0 Å². The Morgan fingerprint density at radius 1 is 1.07 bits per heavy atom. The summed E-state index contributed by atoms with van der Waals surface area (Å²) in [5.74, 6) is 0. The zero-order chi connectivity index (χ0) is 11.8. The van der Waals surface area contributed by atoms with Gasteiger partial charge in [0.05, 0.1) is 18.1 Å².